The number of ether oxygens (including phenoxy) is 3. The number of nitrogens with zero attached hydrogens (tertiary/aromatic N) is 5. The molecule has 416 valence electrons. The Morgan fingerprint density at radius 1 is 0.962 bits per heavy atom. The molecule has 0 saturated carbocycles. The number of hydrogen-bond donors (Lipinski definition) is 7. The quantitative estimate of drug-likeness (QED) is 0.0214. The molecule has 6 aliphatic heterocycles. The fourth-order valence-corrected chi connectivity index (χ4v) is 16.6. The zero-order valence-corrected chi connectivity index (χ0v) is 46.4. The highest BCUT2D eigenvalue weighted by Gasteiger charge is 2.44. The maximum absolute atomic E-state index is 14.0. The maximum Gasteiger partial charge on any atom is 0.490 e. The average Bonchev–Trinajstić information content (AvgIpc) is 3.90. The molecule has 3 aromatic carbocycles. The van der Waals surface area contributed by atoms with Crippen molar-refractivity contribution in [1.82, 2.24) is 29.4 Å². The van der Waals surface area contributed by atoms with Gasteiger partial charge in [-0.05, 0) is 87.8 Å². The van der Waals surface area contributed by atoms with E-state index in [0.29, 0.717) is 5.56 Å². The second-order valence-electron chi connectivity index (χ2n) is 20.4. The van der Waals surface area contributed by atoms with Crippen LogP contribution in [0, 0.1) is 0 Å². The van der Waals surface area contributed by atoms with Gasteiger partial charge < -0.3 is 59.6 Å². The lowest BCUT2D eigenvalue weighted by Crippen LogP contribution is -2.45. The number of nitrogens with two attached hydrogens (primary N) is 1. The normalized spacial score (nSPS) is 21.2. The minimum Gasteiger partial charge on any atom is -0.545 e. The third kappa shape index (κ3) is 11.1. The molecule has 8 heterocycles. The highest BCUT2D eigenvalue weighted by molar-refractivity contribution is 8.77. The number of carbonyl (C=O) groups excluding carboxylic acids is 2. The van der Waals surface area contributed by atoms with Gasteiger partial charge >= 0.3 is 23.5 Å². The van der Waals surface area contributed by atoms with Crippen LogP contribution in [-0.4, -0.2) is 113 Å². The number of nitrogens with one attached hydrogen (secondary N) is 2. The summed E-state index contributed by atoms with van der Waals surface area (Å²) in [6.45, 7) is 6.96. The number of phosphoric ester groups is 1. The van der Waals surface area contributed by atoms with E-state index in [1.807, 2.05) is 13.8 Å². The van der Waals surface area contributed by atoms with E-state index in [1.54, 1.807) is 12.1 Å². The molecule has 2 aromatic heterocycles. The van der Waals surface area contributed by atoms with Gasteiger partial charge in [0, 0.05) is 87.9 Å². The van der Waals surface area contributed by atoms with Crippen molar-refractivity contribution in [3.05, 3.63) is 102 Å². The summed E-state index contributed by atoms with van der Waals surface area (Å²) >= 11 is 0. The van der Waals surface area contributed by atoms with Crippen LogP contribution >= 0.6 is 45.1 Å². The largest absolute Gasteiger partial charge is 0.545 e. The average molecular weight is 1170 g/mol. The van der Waals surface area contributed by atoms with Crippen LogP contribution in [0.25, 0.3) is 16.7 Å². The van der Waals surface area contributed by atoms with Gasteiger partial charge in [-0.15, -0.1) is 0 Å². The summed E-state index contributed by atoms with van der Waals surface area (Å²) in [5.41, 5.74) is 13.2. The highest BCUT2D eigenvalue weighted by Crippen LogP contribution is 2.66. The number of hydrogen-bond acceptors (Lipinski definition) is 19. The van der Waals surface area contributed by atoms with Crippen LogP contribution in [0.2, 0.25) is 0 Å². The Morgan fingerprint density at radius 3 is 2.47 bits per heavy atom. The number of anilines is 2. The van der Waals surface area contributed by atoms with E-state index < -0.39 is 70.7 Å². The van der Waals surface area contributed by atoms with E-state index in [0.717, 1.165) is 117 Å². The first kappa shape index (κ1) is 55.0. The Bertz CT molecular complexity index is 3660. The molecule has 0 spiro atoms. The molecule has 30 heteroatoms. The van der Waals surface area contributed by atoms with Crippen LogP contribution < -0.4 is 46.5 Å². The van der Waals surface area contributed by atoms with Crippen molar-refractivity contribution in [3.63, 3.8) is 0 Å². The monoisotopic (exact) mass is 1170 g/mol. The number of fused-ring (bicyclic) bond motifs is 5. The number of aromatic amines is 1. The molecular formula is C48H55N8O17P3S2. The third-order valence-electron chi connectivity index (χ3n) is 14.5. The Kier molecular flexibility index (Phi) is 14.9. The first-order valence-electron chi connectivity index (χ1n) is 25.2. The summed E-state index contributed by atoms with van der Waals surface area (Å²) in [5, 5.41) is 18.4. The van der Waals surface area contributed by atoms with Gasteiger partial charge in [0.15, 0.2) is 11.2 Å². The third-order valence-corrected chi connectivity index (χ3v) is 21.3. The molecule has 0 aliphatic carbocycles. The number of aromatic carboxylic acids is 1. The van der Waals surface area contributed by atoms with E-state index in [1.165, 1.54) is 60.7 Å². The molecule has 11 rings (SSSR count). The van der Waals surface area contributed by atoms with E-state index in [2.05, 4.69) is 50.5 Å². The molecule has 0 radical (unpaired) electrons. The molecule has 0 bridgehead atoms. The van der Waals surface area contributed by atoms with Crippen LogP contribution in [0.4, 0.5) is 11.6 Å². The molecule has 1 saturated heterocycles. The second kappa shape index (κ2) is 21.2. The topological polar surface area (TPSA) is 353 Å². The summed E-state index contributed by atoms with van der Waals surface area (Å²) in [6.07, 6.45) is 5.62. The molecule has 1 amide bonds. The maximum atomic E-state index is 14.0. The Labute approximate surface area is 452 Å². The van der Waals surface area contributed by atoms with E-state index >= 15 is 0 Å². The SMILES string of the molecule is CC(C)(CNC(=O)c1ccc(C2=c3cc4c5c(c3Oc3c2cc2c6c3CCCN6CCC2)CCC[N+]=5CCC4)c(C(=O)[O-])c1)SSCOC1C[C@H](n2cnc3c(=O)[nH]c(N)nc32)O[C@@H]1COP(=O)(O)OP(=O)(O)OP(=O)(O)O. The summed E-state index contributed by atoms with van der Waals surface area (Å²) in [5.74, 6) is -0.628. The number of amides is 1. The predicted octanol–water partition coefficient (Wildman–Crippen LogP) is 3.06. The van der Waals surface area contributed by atoms with Crippen molar-refractivity contribution in [1.29, 1.82) is 0 Å². The van der Waals surface area contributed by atoms with Gasteiger partial charge in [0.1, 0.15) is 42.9 Å². The van der Waals surface area contributed by atoms with Gasteiger partial charge in [-0.2, -0.15) is 13.6 Å². The Balaban J connectivity index is 0.801. The molecule has 25 nitrogen and oxygen atoms in total. The fourth-order valence-electron chi connectivity index (χ4n) is 11.4. The molecule has 8 N–H and O–H groups in total. The number of H-pyrrole nitrogens is 1. The number of imidazole rings is 1. The van der Waals surface area contributed by atoms with Crippen molar-refractivity contribution in [2.24, 2.45) is 0 Å². The number of carboxylic acids is 1. The van der Waals surface area contributed by atoms with Gasteiger partial charge in [0.2, 0.25) is 11.3 Å². The van der Waals surface area contributed by atoms with E-state index in [4.69, 9.17) is 34.3 Å². The number of phosphoric acid groups is 3. The van der Waals surface area contributed by atoms with E-state index in [-0.39, 0.29) is 47.1 Å². The van der Waals surface area contributed by atoms with Crippen molar-refractivity contribution in [3.8, 4) is 11.5 Å². The minimum atomic E-state index is -5.82. The van der Waals surface area contributed by atoms with Gasteiger partial charge in [-0.1, -0.05) is 27.7 Å². The summed E-state index contributed by atoms with van der Waals surface area (Å²) < 4.78 is 70.9. The van der Waals surface area contributed by atoms with Crippen LogP contribution in [0.3, 0.4) is 0 Å². The molecule has 6 aliphatic rings. The summed E-state index contributed by atoms with van der Waals surface area (Å²) in [7, 11) is -14.4. The number of carbonyl (C=O) groups is 2. The minimum absolute atomic E-state index is 0.0110. The molecule has 1 fully saturated rings. The lowest BCUT2D eigenvalue weighted by atomic mass is 9.81. The number of carboxylic acid groups (broad SMARTS) is 1. The lowest BCUT2D eigenvalue weighted by molar-refractivity contribution is -0.255. The van der Waals surface area contributed by atoms with Crippen molar-refractivity contribution in [2.75, 3.05) is 55.9 Å². The van der Waals surface area contributed by atoms with Crippen molar-refractivity contribution >= 4 is 85.3 Å². The fraction of sp³-hybridized carbons (Fsp3) is 0.458. The number of rotatable bonds is 18. The smallest absolute Gasteiger partial charge is 0.490 e. The second-order valence-corrected chi connectivity index (χ2v) is 27.8. The zero-order chi connectivity index (χ0) is 55.1. The summed E-state index contributed by atoms with van der Waals surface area (Å²) in [6, 6.07) is 9.13. The van der Waals surface area contributed by atoms with Gasteiger partial charge in [0.05, 0.1) is 30.6 Å². The van der Waals surface area contributed by atoms with Crippen LogP contribution in [0.1, 0.15) is 106 Å². The van der Waals surface area contributed by atoms with Crippen LogP contribution in [0.15, 0.2) is 41.5 Å². The molecule has 5 aromatic rings. The van der Waals surface area contributed by atoms with Crippen molar-refractivity contribution in [2.45, 2.75) is 94.8 Å². The summed E-state index contributed by atoms with van der Waals surface area (Å²) in [4.78, 5) is 90.5. The van der Waals surface area contributed by atoms with Gasteiger partial charge in [-0.3, -0.25) is 23.7 Å². The lowest BCUT2D eigenvalue weighted by Gasteiger charge is -2.39. The van der Waals surface area contributed by atoms with Gasteiger partial charge in [-0.25, -0.2) is 23.3 Å². The molecule has 78 heavy (non-hydrogen) atoms. The standard InChI is InChI=1S/C48H55N8O17P3S2/c1-48(2,78-77-24-68-34-20-36(56-23-51-38-43(56)52-47(49)53-45(38)58)70-35(34)21-69-75(64,65)73-76(66,67)72-74(61,62)63)22-50-44(57)27-11-12-28(31(19-27)46(59)60)37-32-17-25-7-3-13-54-15-5-9-29(39(25)54)41(32)71-42-30-10-6-16-55-14-4-8-26(40(30)55)18-33(37)42/h11-12,17-19,23,34-36H,3-10,13-16,20-22,24H2,1-2H3,(H8-,49,50,52,53,57,58,59,60,61,62,63,64,65,66,67)/t34?,35-,36-/m1/s1. The molecular weight excluding hydrogens is 1120 g/mol. The van der Waals surface area contributed by atoms with Crippen LogP contribution in [0.5, 0.6) is 11.5 Å². The van der Waals surface area contributed by atoms with E-state index in [9.17, 15) is 43.0 Å². The highest BCUT2D eigenvalue weighted by atomic mass is 33.1. The van der Waals surface area contributed by atoms with Crippen LogP contribution in [-0.2, 0) is 62.0 Å². The molecule has 3 unspecified atom stereocenters. The van der Waals surface area contributed by atoms with Gasteiger partial charge in [0.25, 0.3) is 11.5 Å². The zero-order valence-electron chi connectivity index (χ0n) is 42.1. The number of aryl methyl sites for hydroxylation is 2. The first-order valence-corrected chi connectivity index (χ1v) is 32.0. The Hall–Kier alpha value is -4.95. The predicted molar refractivity (Wildman–Crippen MR) is 283 cm³/mol. The number of benzene rings is 3. The first-order chi connectivity index (χ1) is 37.0. The Morgan fingerprint density at radius 2 is 1.71 bits per heavy atom. The van der Waals surface area contributed by atoms with Crippen molar-refractivity contribution < 1.29 is 75.3 Å². The molecule has 5 atom stereocenters. The number of nitrogen functional groups attached to an aromatic ring is 1. The number of aromatic nitrogens is 4.